The van der Waals surface area contributed by atoms with Crippen molar-refractivity contribution in [1.82, 2.24) is 0 Å². The smallest absolute Gasteiger partial charge is 0.314 e. The maximum atomic E-state index is 14.9. The number of rotatable bonds is 6. The highest BCUT2D eigenvalue weighted by molar-refractivity contribution is 5.75. The largest absolute Gasteiger partial charge is 0.491 e. The van der Waals surface area contributed by atoms with Crippen LogP contribution < -0.4 is 9.47 Å². The number of ether oxygens (including phenoxy) is 2. The Labute approximate surface area is 205 Å². The summed E-state index contributed by atoms with van der Waals surface area (Å²) in [6.07, 6.45) is 1.97. The van der Waals surface area contributed by atoms with Gasteiger partial charge in [-0.25, -0.2) is 13.2 Å². The summed E-state index contributed by atoms with van der Waals surface area (Å²) < 4.78 is 81.6. The molecule has 4 rings (SSSR count). The molecule has 1 aliphatic rings. The lowest BCUT2D eigenvalue weighted by atomic mass is 9.78. The zero-order valence-corrected chi connectivity index (χ0v) is 19.8. The molecule has 0 atom stereocenters. The van der Waals surface area contributed by atoms with Crippen LogP contribution in [0.1, 0.15) is 49.7 Å². The van der Waals surface area contributed by atoms with E-state index < -0.39 is 46.7 Å². The normalized spacial score (nSPS) is 17.6. The number of hydrogen-bond donors (Lipinski definition) is 0. The predicted molar refractivity (Wildman–Crippen MR) is 124 cm³/mol. The summed E-state index contributed by atoms with van der Waals surface area (Å²) in [6, 6.07) is 9.49. The van der Waals surface area contributed by atoms with Gasteiger partial charge in [0.05, 0.1) is 12.5 Å². The van der Waals surface area contributed by atoms with E-state index >= 15 is 0 Å². The Morgan fingerprint density at radius 3 is 2.11 bits per heavy atom. The zero-order chi connectivity index (χ0) is 26.0. The van der Waals surface area contributed by atoms with Gasteiger partial charge < -0.3 is 9.47 Å². The van der Waals surface area contributed by atoms with Gasteiger partial charge in [-0.1, -0.05) is 18.2 Å². The highest BCUT2D eigenvalue weighted by atomic mass is 19.2. The van der Waals surface area contributed by atoms with E-state index in [1.807, 2.05) is 0 Å². The van der Waals surface area contributed by atoms with E-state index in [9.17, 15) is 26.7 Å². The lowest BCUT2D eigenvalue weighted by molar-refractivity contribution is -0.140. The molecule has 0 spiro atoms. The molecular formula is C28H25F5O3. The highest BCUT2D eigenvalue weighted by Crippen LogP contribution is 2.39. The third-order valence-corrected chi connectivity index (χ3v) is 6.61. The van der Waals surface area contributed by atoms with E-state index in [2.05, 4.69) is 0 Å². The van der Waals surface area contributed by atoms with Crippen molar-refractivity contribution in [2.75, 3.05) is 6.61 Å². The molecule has 0 bridgehead atoms. The van der Waals surface area contributed by atoms with Gasteiger partial charge in [-0.15, -0.1) is 0 Å². The number of halogens is 5. The second kappa shape index (κ2) is 10.7. The van der Waals surface area contributed by atoms with Gasteiger partial charge in [-0.05, 0) is 80.8 Å². The second-order valence-corrected chi connectivity index (χ2v) is 8.89. The monoisotopic (exact) mass is 504 g/mol. The number of esters is 1. The molecule has 8 heteroatoms. The van der Waals surface area contributed by atoms with Crippen LogP contribution in [-0.4, -0.2) is 12.6 Å². The number of carbonyl (C=O) groups excluding carboxylic acids is 1. The quantitative estimate of drug-likeness (QED) is 0.197. The first-order valence-corrected chi connectivity index (χ1v) is 11.8. The summed E-state index contributed by atoms with van der Waals surface area (Å²) in [7, 11) is 0. The summed E-state index contributed by atoms with van der Waals surface area (Å²) in [6.45, 7) is 3.22. The fourth-order valence-corrected chi connectivity index (χ4v) is 4.57. The molecule has 3 aromatic carbocycles. The van der Waals surface area contributed by atoms with Gasteiger partial charge in [-0.3, -0.25) is 4.79 Å². The minimum atomic E-state index is -1.20. The number of hydrogen-bond acceptors (Lipinski definition) is 3. The van der Waals surface area contributed by atoms with Crippen LogP contribution in [0.25, 0.3) is 11.1 Å². The van der Waals surface area contributed by atoms with Crippen molar-refractivity contribution in [1.29, 1.82) is 0 Å². The summed E-state index contributed by atoms with van der Waals surface area (Å²) in [5.74, 6) is -7.14. The Morgan fingerprint density at radius 2 is 1.44 bits per heavy atom. The Morgan fingerprint density at radius 1 is 0.806 bits per heavy atom. The van der Waals surface area contributed by atoms with Crippen molar-refractivity contribution < 1.29 is 36.2 Å². The number of aryl methyl sites for hydroxylation is 1. The van der Waals surface area contributed by atoms with Crippen LogP contribution in [0.15, 0.2) is 42.5 Å². The van der Waals surface area contributed by atoms with Crippen molar-refractivity contribution in [2.24, 2.45) is 5.92 Å². The molecule has 0 radical (unpaired) electrons. The Kier molecular flexibility index (Phi) is 7.62. The van der Waals surface area contributed by atoms with E-state index in [0.29, 0.717) is 31.2 Å². The summed E-state index contributed by atoms with van der Waals surface area (Å²) in [5, 5.41) is 0. The van der Waals surface area contributed by atoms with Crippen molar-refractivity contribution in [3.05, 3.63) is 82.7 Å². The molecule has 0 unspecified atom stereocenters. The molecule has 0 N–H and O–H groups in total. The molecule has 0 heterocycles. The molecule has 36 heavy (non-hydrogen) atoms. The van der Waals surface area contributed by atoms with Gasteiger partial charge >= 0.3 is 5.97 Å². The average molecular weight is 504 g/mol. The van der Waals surface area contributed by atoms with E-state index in [-0.39, 0.29) is 35.0 Å². The van der Waals surface area contributed by atoms with Crippen molar-refractivity contribution in [2.45, 2.75) is 45.4 Å². The summed E-state index contributed by atoms with van der Waals surface area (Å²) in [4.78, 5) is 12.5. The minimum Gasteiger partial charge on any atom is -0.491 e. The van der Waals surface area contributed by atoms with Gasteiger partial charge in [-0.2, -0.15) is 8.78 Å². The van der Waals surface area contributed by atoms with Crippen molar-refractivity contribution in [3.63, 3.8) is 0 Å². The van der Waals surface area contributed by atoms with E-state index in [4.69, 9.17) is 9.47 Å². The topological polar surface area (TPSA) is 35.5 Å². The first kappa shape index (κ1) is 25.7. The molecule has 0 aromatic heterocycles. The van der Waals surface area contributed by atoms with E-state index in [0.717, 1.165) is 0 Å². The standard InChI is InChI=1S/C28H25F5O3/c1-3-35-22-13-11-20(25(31)26(22)32)19-10-9-18(14-21(19)29)16-5-7-17(8-6-16)28(34)36-23-12-4-15(2)24(30)27(23)33/h4,9-14,16-17H,3,5-8H2,1-2H3. The second-order valence-electron chi connectivity index (χ2n) is 8.89. The van der Waals surface area contributed by atoms with Gasteiger partial charge in [0.25, 0.3) is 0 Å². The molecule has 1 fully saturated rings. The minimum absolute atomic E-state index is 0.0481. The predicted octanol–water partition coefficient (Wildman–Crippen LogP) is 7.64. The lowest BCUT2D eigenvalue weighted by Gasteiger charge is -2.27. The van der Waals surface area contributed by atoms with Crippen LogP contribution in [0.5, 0.6) is 11.5 Å². The van der Waals surface area contributed by atoms with Crippen LogP contribution >= 0.6 is 0 Å². The maximum absolute atomic E-state index is 14.9. The Bertz CT molecular complexity index is 1280. The first-order valence-electron chi connectivity index (χ1n) is 11.8. The molecule has 0 aliphatic heterocycles. The fourth-order valence-electron chi connectivity index (χ4n) is 4.57. The third kappa shape index (κ3) is 5.08. The zero-order valence-electron chi connectivity index (χ0n) is 19.8. The lowest BCUT2D eigenvalue weighted by Crippen LogP contribution is -2.25. The van der Waals surface area contributed by atoms with Crippen molar-refractivity contribution in [3.8, 4) is 22.6 Å². The fraction of sp³-hybridized carbons (Fsp3) is 0.321. The Hall–Kier alpha value is -3.42. The Balaban J connectivity index is 1.42. The van der Waals surface area contributed by atoms with Gasteiger partial charge in [0.1, 0.15) is 5.82 Å². The van der Waals surface area contributed by atoms with Crippen LogP contribution in [0.2, 0.25) is 0 Å². The van der Waals surface area contributed by atoms with Crippen LogP contribution in [-0.2, 0) is 4.79 Å². The van der Waals surface area contributed by atoms with Gasteiger partial charge in [0, 0.05) is 11.1 Å². The number of carbonyl (C=O) groups is 1. The molecule has 0 saturated heterocycles. The molecule has 1 aliphatic carbocycles. The van der Waals surface area contributed by atoms with E-state index in [1.54, 1.807) is 13.0 Å². The molecule has 3 nitrogen and oxygen atoms in total. The molecule has 0 amide bonds. The SMILES string of the molecule is CCOc1ccc(-c2ccc(C3CCC(C(=O)Oc4ccc(C)c(F)c4F)CC3)cc2F)c(F)c1F. The maximum Gasteiger partial charge on any atom is 0.314 e. The highest BCUT2D eigenvalue weighted by Gasteiger charge is 2.30. The van der Waals surface area contributed by atoms with Crippen LogP contribution in [0, 0.1) is 41.9 Å². The summed E-state index contributed by atoms with van der Waals surface area (Å²) >= 11 is 0. The first-order chi connectivity index (χ1) is 17.2. The van der Waals surface area contributed by atoms with Gasteiger partial charge in [0.2, 0.25) is 11.6 Å². The van der Waals surface area contributed by atoms with Crippen LogP contribution in [0.4, 0.5) is 22.0 Å². The van der Waals surface area contributed by atoms with Gasteiger partial charge in [0.15, 0.2) is 23.1 Å². The van der Waals surface area contributed by atoms with Crippen LogP contribution in [0.3, 0.4) is 0 Å². The molecular weight excluding hydrogens is 479 g/mol. The molecule has 1 saturated carbocycles. The molecule has 3 aromatic rings. The molecule has 190 valence electrons. The van der Waals surface area contributed by atoms with Crippen molar-refractivity contribution >= 4 is 5.97 Å². The summed E-state index contributed by atoms with van der Waals surface area (Å²) in [5.41, 5.74) is 0.525. The third-order valence-electron chi connectivity index (χ3n) is 6.61. The average Bonchev–Trinajstić information content (AvgIpc) is 2.88. The number of benzene rings is 3. The van der Waals surface area contributed by atoms with E-state index in [1.165, 1.54) is 43.3 Å².